The van der Waals surface area contributed by atoms with E-state index in [1.807, 2.05) is 12.1 Å². The molecule has 2 nitrogen and oxygen atoms in total. The summed E-state index contributed by atoms with van der Waals surface area (Å²) in [7, 11) is 0. The Morgan fingerprint density at radius 2 is 1.79 bits per heavy atom. The van der Waals surface area contributed by atoms with Crippen molar-refractivity contribution in [2.75, 3.05) is 0 Å². The molecule has 2 aromatic rings. The van der Waals surface area contributed by atoms with Gasteiger partial charge in [-0.15, -0.1) is 0 Å². The van der Waals surface area contributed by atoms with E-state index < -0.39 is 0 Å². The maximum atomic E-state index is 10.6. The van der Waals surface area contributed by atoms with Crippen LogP contribution in [0.15, 0.2) is 42.5 Å². The molecule has 0 aliphatic heterocycles. The molecule has 0 bridgehead atoms. The van der Waals surface area contributed by atoms with E-state index in [0.717, 1.165) is 12.0 Å². The number of ether oxygens (including phenoxy) is 1. The molecule has 3 rings (SSSR count). The van der Waals surface area contributed by atoms with Crippen LogP contribution in [0.3, 0.4) is 0 Å². The molecule has 0 N–H and O–H groups in total. The second-order valence-electron chi connectivity index (χ2n) is 4.93. The average Bonchev–Trinajstić information content (AvgIpc) is 2.93. The highest BCUT2D eigenvalue weighted by atomic mass is 16.5. The lowest BCUT2D eigenvalue weighted by atomic mass is 10.1. The fraction of sp³-hybridized carbons (Fsp3) is 0.235. The molecule has 0 spiro atoms. The number of carbonyl (C=O) groups is 1. The van der Waals surface area contributed by atoms with Crippen molar-refractivity contribution in [3.63, 3.8) is 0 Å². The fourth-order valence-corrected chi connectivity index (χ4v) is 2.52. The summed E-state index contributed by atoms with van der Waals surface area (Å²) in [4.78, 5) is 10.6. The molecular formula is C17H16O2. The molecule has 1 aliphatic carbocycles. The Morgan fingerprint density at radius 3 is 2.58 bits per heavy atom. The van der Waals surface area contributed by atoms with Gasteiger partial charge in [0.1, 0.15) is 18.6 Å². The van der Waals surface area contributed by atoms with Crippen LogP contribution in [0.5, 0.6) is 5.75 Å². The molecular weight excluding hydrogens is 236 g/mol. The molecule has 0 fully saturated rings. The van der Waals surface area contributed by atoms with Crippen LogP contribution in [-0.2, 0) is 19.4 Å². The molecule has 19 heavy (non-hydrogen) atoms. The smallest absolute Gasteiger partial charge is 0.150 e. The zero-order chi connectivity index (χ0) is 13.1. The van der Waals surface area contributed by atoms with Crippen molar-refractivity contribution in [3.8, 4) is 5.75 Å². The highest BCUT2D eigenvalue weighted by Crippen LogP contribution is 2.23. The summed E-state index contributed by atoms with van der Waals surface area (Å²) >= 11 is 0. The number of carbonyl (C=O) groups excluding carboxylic acids is 1. The van der Waals surface area contributed by atoms with E-state index in [2.05, 4.69) is 18.2 Å². The minimum absolute atomic E-state index is 0.577. The van der Waals surface area contributed by atoms with Crippen LogP contribution in [0.4, 0.5) is 0 Å². The first-order chi connectivity index (χ1) is 9.35. The number of hydrogen-bond donors (Lipinski definition) is 0. The first-order valence-electron chi connectivity index (χ1n) is 6.64. The van der Waals surface area contributed by atoms with Crippen molar-refractivity contribution >= 4 is 6.29 Å². The van der Waals surface area contributed by atoms with E-state index in [-0.39, 0.29) is 0 Å². The minimum atomic E-state index is 0.577. The van der Waals surface area contributed by atoms with Gasteiger partial charge in [-0.25, -0.2) is 0 Å². The topological polar surface area (TPSA) is 26.3 Å². The van der Waals surface area contributed by atoms with Crippen LogP contribution in [0.2, 0.25) is 0 Å². The molecule has 0 saturated heterocycles. The van der Waals surface area contributed by atoms with E-state index >= 15 is 0 Å². The number of aryl methyl sites for hydroxylation is 2. The van der Waals surface area contributed by atoms with Gasteiger partial charge in [-0.2, -0.15) is 0 Å². The van der Waals surface area contributed by atoms with Gasteiger partial charge in [0.15, 0.2) is 0 Å². The second kappa shape index (κ2) is 5.27. The Morgan fingerprint density at radius 1 is 1.00 bits per heavy atom. The molecule has 0 aromatic heterocycles. The van der Waals surface area contributed by atoms with Crippen LogP contribution in [-0.4, -0.2) is 6.29 Å². The summed E-state index contributed by atoms with van der Waals surface area (Å²) in [6.45, 7) is 0.577. The van der Waals surface area contributed by atoms with E-state index in [1.165, 1.54) is 36.0 Å². The van der Waals surface area contributed by atoms with Crippen LogP contribution in [0.25, 0.3) is 0 Å². The third kappa shape index (κ3) is 2.68. The van der Waals surface area contributed by atoms with Crippen LogP contribution in [0.1, 0.15) is 33.5 Å². The van der Waals surface area contributed by atoms with Gasteiger partial charge in [0.2, 0.25) is 0 Å². The van der Waals surface area contributed by atoms with Crippen molar-refractivity contribution < 1.29 is 9.53 Å². The zero-order valence-electron chi connectivity index (χ0n) is 10.8. The van der Waals surface area contributed by atoms with Gasteiger partial charge < -0.3 is 4.74 Å². The number of benzene rings is 2. The molecule has 0 unspecified atom stereocenters. The maximum Gasteiger partial charge on any atom is 0.150 e. The van der Waals surface area contributed by atoms with Gasteiger partial charge in [-0.3, -0.25) is 4.79 Å². The molecule has 96 valence electrons. The van der Waals surface area contributed by atoms with Gasteiger partial charge in [0.25, 0.3) is 0 Å². The Labute approximate surface area is 113 Å². The largest absolute Gasteiger partial charge is 0.489 e. The number of rotatable bonds is 4. The molecule has 2 aromatic carbocycles. The monoisotopic (exact) mass is 252 g/mol. The minimum Gasteiger partial charge on any atom is -0.489 e. The summed E-state index contributed by atoms with van der Waals surface area (Å²) in [5.41, 5.74) is 4.83. The van der Waals surface area contributed by atoms with Crippen molar-refractivity contribution in [1.82, 2.24) is 0 Å². The van der Waals surface area contributed by atoms with Crippen LogP contribution < -0.4 is 4.74 Å². The van der Waals surface area contributed by atoms with Crippen molar-refractivity contribution in [2.24, 2.45) is 0 Å². The normalized spacial score (nSPS) is 13.1. The van der Waals surface area contributed by atoms with Gasteiger partial charge >= 0.3 is 0 Å². The Hall–Kier alpha value is -2.09. The summed E-state index contributed by atoms with van der Waals surface area (Å²) in [6.07, 6.45) is 4.51. The second-order valence-corrected chi connectivity index (χ2v) is 4.93. The molecule has 0 saturated carbocycles. The Balaban J connectivity index is 1.66. The van der Waals surface area contributed by atoms with E-state index in [1.54, 1.807) is 12.1 Å². The summed E-state index contributed by atoms with van der Waals surface area (Å²) in [5, 5.41) is 0. The predicted molar refractivity (Wildman–Crippen MR) is 74.6 cm³/mol. The Bertz CT molecular complexity index is 585. The SMILES string of the molecule is O=Cc1ccc(OCc2ccc3c(c2)CCC3)cc1. The summed E-state index contributed by atoms with van der Waals surface area (Å²) in [6, 6.07) is 13.8. The van der Waals surface area contributed by atoms with Crippen LogP contribution >= 0.6 is 0 Å². The van der Waals surface area contributed by atoms with E-state index in [9.17, 15) is 4.79 Å². The molecule has 0 amide bonds. The number of aldehydes is 1. The Kier molecular flexibility index (Phi) is 3.32. The summed E-state index contributed by atoms with van der Waals surface area (Å²) in [5.74, 6) is 0.797. The number of fused-ring (bicyclic) bond motifs is 1. The van der Waals surface area contributed by atoms with Crippen molar-refractivity contribution in [1.29, 1.82) is 0 Å². The maximum absolute atomic E-state index is 10.6. The van der Waals surface area contributed by atoms with Crippen molar-refractivity contribution in [3.05, 3.63) is 64.7 Å². The molecule has 0 heterocycles. The predicted octanol–water partition coefficient (Wildman–Crippen LogP) is 3.57. The van der Waals surface area contributed by atoms with E-state index in [4.69, 9.17) is 4.74 Å². The molecule has 0 atom stereocenters. The quantitative estimate of drug-likeness (QED) is 0.778. The fourth-order valence-electron chi connectivity index (χ4n) is 2.52. The van der Waals surface area contributed by atoms with Gasteiger partial charge in [-0.05, 0) is 60.2 Å². The van der Waals surface area contributed by atoms with Crippen molar-refractivity contribution in [2.45, 2.75) is 25.9 Å². The highest BCUT2D eigenvalue weighted by molar-refractivity contribution is 5.74. The molecule has 1 aliphatic rings. The van der Waals surface area contributed by atoms with Crippen LogP contribution in [0, 0.1) is 0 Å². The first-order valence-corrected chi connectivity index (χ1v) is 6.64. The summed E-state index contributed by atoms with van der Waals surface area (Å²) < 4.78 is 5.74. The van der Waals surface area contributed by atoms with E-state index in [0.29, 0.717) is 12.2 Å². The molecule has 0 radical (unpaired) electrons. The standard InChI is InChI=1S/C17H16O2/c18-11-13-5-8-17(9-6-13)19-12-14-4-7-15-2-1-3-16(15)10-14/h4-11H,1-3,12H2. The third-order valence-electron chi connectivity index (χ3n) is 3.58. The number of hydrogen-bond acceptors (Lipinski definition) is 2. The first kappa shape index (κ1) is 12.0. The lowest BCUT2D eigenvalue weighted by Gasteiger charge is -2.08. The lowest BCUT2D eigenvalue weighted by molar-refractivity contribution is 0.112. The average molecular weight is 252 g/mol. The molecule has 2 heteroatoms. The van der Waals surface area contributed by atoms with Gasteiger partial charge in [0, 0.05) is 5.56 Å². The highest BCUT2D eigenvalue weighted by Gasteiger charge is 2.10. The third-order valence-corrected chi connectivity index (χ3v) is 3.58. The van der Waals surface area contributed by atoms with Gasteiger partial charge in [-0.1, -0.05) is 18.2 Å². The zero-order valence-corrected chi connectivity index (χ0v) is 10.8. The lowest BCUT2D eigenvalue weighted by Crippen LogP contribution is -1.97. The van der Waals surface area contributed by atoms with Gasteiger partial charge in [0.05, 0.1) is 0 Å².